The van der Waals surface area contributed by atoms with Crippen LogP contribution in [0.5, 0.6) is 0 Å². The SMILES string of the molecule is CCCCOC(CCC(=O)N[C@@H](CS(=O)(=O)O)C(=O)O)c1ccccc1. The molecule has 2 atom stereocenters. The molecule has 0 radical (unpaired) electrons. The topological polar surface area (TPSA) is 130 Å². The fourth-order valence-electron chi connectivity index (χ4n) is 2.30. The van der Waals surface area contributed by atoms with Gasteiger partial charge in [0.2, 0.25) is 5.91 Å². The summed E-state index contributed by atoms with van der Waals surface area (Å²) in [6.07, 6.45) is 1.81. The smallest absolute Gasteiger partial charge is 0.327 e. The molecule has 0 spiro atoms. The van der Waals surface area contributed by atoms with Crippen LogP contribution in [0.3, 0.4) is 0 Å². The molecule has 8 nitrogen and oxygen atoms in total. The van der Waals surface area contributed by atoms with Crippen molar-refractivity contribution in [1.29, 1.82) is 0 Å². The number of hydrogen-bond acceptors (Lipinski definition) is 5. The lowest BCUT2D eigenvalue weighted by molar-refractivity contribution is -0.141. The van der Waals surface area contributed by atoms with Gasteiger partial charge in [0, 0.05) is 13.0 Å². The number of amides is 1. The van der Waals surface area contributed by atoms with Crippen molar-refractivity contribution >= 4 is 22.0 Å². The first kappa shape index (κ1) is 22.1. The lowest BCUT2D eigenvalue weighted by atomic mass is 10.0. The molecule has 0 saturated carbocycles. The number of nitrogens with one attached hydrogen (secondary N) is 1. The van der Waals surface area contributed by atoms with E-state index < -0.39 is 33.8 Å². The van der Waals surface area contributed by atoms with Crippen LogP contribution in [0.2, 0.25) is 0 Å². The standard InChI is InChI=1S/C17H25NO7S/c1-2-3-11-25-15(13-7-5-4-6-8-13)9-10-16(19)18-14(17(20)21)12-26(22,23)24/h4-8,14-15H,2-3,9-12H2,1H3,(H,18,19)(H,20,21)(H,22,23,24)/t14-,15?/m0/s1. The predicted molar refractivity (Wildman–Crippen MR) is 95.3 cm³/mol. The molecular formula is C17H25NO7S. The third-order valence-corrected chi connectivity index (χ3v) is 4.39. The summed E-state index contributed by atoms with van der Waals surface area (Å²) < 4.78 is 36.3. The highest BCUT2D eigenvalue weighted by Gasteiger charge is 2.26. The van der Waals surface area contributed by atoms with Crippen LogP contribution in [0.4, 0.5) is 0 Å². The summed E-state index contributed by atoms with van der Waals surface area (Å²) in [5.41, 5.74) is 0.907. The van der Waals surface area contributed by atoms with Crippen LogP contribution in [0.25, 0.3) is 0 Å². The van der Waals surface area contributed by atoms with Crippen molar-refractivity contribution in [3.8, 4) is 0 Å². The summed E-state index contributed by atoms with van der Waals surface area (Å²) in [4.78, 5) is 23.0. The highest BCUT2D eigenvalue weighted by atomic mass is 32.2. The Balaban J connectivity index is 2.65. The monoisotopic (exact) mass is 387 g/mol. The predicted octanol–water partition coefficient (Wildman–Crippen LogP) is 1.78. The first-order valence-electron chi connectivity index (χ1n) is 8.36. The number of aliphatic carboxylic acids is 1. The molecule has 26 heavy (non-hydrogen) atoms. The fraction of sp³-hybridized carbons (Fsp3) is 0.529. The van der Waals surface area contributed by atoms with Crippen LogP contribution < -0.4 is 5.32 Å². The van der Waals surface area contributed by atoms with Gasteiger partial charge in [0.25, 0.3) is 10.1 Å². The largest absolute Gasteiger partial charge is 0.480 e. The zero-order chi connectivity index (χ0) is 19.6. The molecule has 0 bridgehead atoms. The Kier molecular flexibility index (Phi) is 9.25. The van der Waals surface area contributed by atoms with Gasteiger partial charge in [-0.25, -0.2) is 4.79 Å². The summed E-state index contributed by atoms with van der Waals surface area (Å²) in [6.45, 7) is 2.58. The van der Waals surface area contributed by atoms with Gasteiger partial charge in [-0.2, -0.15) is 8.42 Å². The molecule has 1 aromatic rings. The Bertz CT molecular complexity index is 676. The van der Waals surface area contributed by atoms with Crippen molar-refractivity contribution in [1.82, 2.24) is 5.32 Å². The minimum Gasteiger partial charge on any atom is -0.480 e. The second-order valence-corrected chi connectivity index (χ2v) is 7.37. The molecule has 0 saturated heterocycles. The molecule has 0 heterocycles. The Morgan fingerprint density at radius 1 is 1.23 bits per heavy atom. The normalized spacial score (nSPS) is 13.8. The minimum atomic E-state index is -4.52. The van der Waals surface area contributed by atoms with Crippen LogP contribution in [0.1, 0.15) is 44.3 Å². The van der Waals surface area contributed by atoms with E-state index in [1.54, 1.807) is 0 Å². The number of carbonyl (C=O) groups is 2. The molecule has 3 N–H and O–H groups in total. The average Bonchev–Trinajstić information content (AvgIpc) is 2.57. The lowest BCUT2D eigenvalue weighted by Gasteiger charge is -2.19. The molecule has 0 aliphatic carbocycles. The van der Waals surface area contributed by atoms with Gasteiger partial charge in [-0.05, 0) is 18.4 Å². The maximum absolute atomic E-state index is 12.0. The first-order chi connectivity index (χ1) is 12.2. The number of hydrogen-bond donors (Lipinski definition) is 3. The van der Waals surface area contributed by atoms with Crippen molar-refractivity contribution in [2.75, 3.05) is 12.4 Å². The van der Waals surface area contributed by atoms with Crippen molar-refractivity contribution in [2.24, 2.45) is 0 Å². The Hall–Kier alpha value is -1.97. The van der Waals surface area contributed by atoms with E-state index in [1.165, 1.54) is 0 Å². The maximum Gasteiger partial charge on any atom is 0.327 e. The molecule has 0 aliphatic heterocycles. The molecule has 146 valence electrons. The Labute approximate surface area is 153 Å². The number of unbranched alkanes of at least 4 members (excludes halogenated alkanes) is 1. The van der Waals surface area contributed by atoms with Gasteiger partial charge >= 0.3 is 5.97 Å². The molecule has 1 amide bonds. The van der Waals surface area contributed by atoms with E-state index in [9.17, 15) is 18.0 Å². The average molecular weight is 387 g/mol. The number of carbonyl (C=O) groups excluding carboxylic acids is 1. The van der Waals surface area contributed by atoms with Gasteiger partial charge in [-0.15, -0.1) is 0 Å². The summed E-state index contributed by atoms with van der Waals surface area (Å²) in [5.74, 6) is -3.24. The fourth-order valence-corrected chi connectivity index (χ4v) is 2.94. The molecule has 0 fully saturated rings. The van der Waals surface area contributed by atoms with E-state index in [1.807, 2.05) is 37.3 Å². The molecule has 0 aromatic heterocycles. The second kappa shape index (κ2) is 10.9. The number of rotatable bonds is 12. The zero-order valence-electron chi connectivity index (χ0n) is 14.6. The number of benzene rings is 1. The molecule has 0 aliphatic rings. The molecule has 1 unspecified atom stereocenters. The summed E-state index contributed by atoms with van der Waals surface area (Å²) in [7, 11) is -4.52. The summed E-state index contributed by atoms with van der Waals surface area (Å²) in [5, 5.41) is 11.1. The van der Waals surface area contributed by atoms with E-state index in [2.05, 4.69) is 5.32 Å². The van der Waals surface area contributed by atoms with Crippen molar-refractivity contribution < 1.29 is 32.4 Å². The van der Waals surface area contributed by atoms with Crippen molar-refractivity contribution in [2.45, 2.75) is 44.8 Å². The number of carboxylic acids is 1. The van der Waals surface area contributed by atoms with Crippen LogP contribution in [-0.4, -0.2) is 48.4 Å². The lowest BCUT2D eigenvalue weighted by Crippen LogP contribution is -2.45. The molecule has 1 aromatic carbocycles. The number of ether oxygens (including phenoxy) is 1. The Morgan fingerprint density at radius 3 is 2.42 bits per heavy atom. The van der Waals surface area contributed by atoms with Gasteiger partial charge in [0.15, 0.2) is 0 Å². The maximum atomic E-state index is 12.0. The quantitative estimate of drug-likeness (QED) is 0.368. The summed E-state index contributed by atoms with van der Waals surface area (Å²) in [6, 6.07) is 7.65. The van der Waals surface area contributed by atoms with Gasteiger partial charge in [0.1, 0.15) is 11.8 Å². The summed E-state index contributed by atoms with van der Waals surface area (Å²) >= 11 is 0. The van der Waals surface area contributed by atoms with E-state index in [0.29, 0.717) is 13.0 Å². The van der Waals surface area contributed by atoms with Crippen LogP contribution >= 0.6 is 0 Å². The highest BCUT2D eigenvalue weighted by molar-refractivity contribution is 7.85. The van der Waals surface area contributed by atoms with Crippen molar-refractivity contribution in [3.05, 3.63) is 35.9 Å². The highest BCUT2D eigenvalue weighted by Crippen LogP contribution is 2.23. The third-order valence-electron chi connectivity index (χ3n) is 3.63. The molecule has 1 rings (SSSR count). The second-order valence-electron chi connectivity index (χ2n) is 5.87. The van der Waals surface area contributed by atoms with Crippen LogP contribution in [0.15, 0.2) is 30.3 Å². The van der Waals surface area contributed by atoms with Gasteiger partial charge in [-0.3, -0.25) is 9.35 Å². The van der Waals surface area contributed by atoms with Crippen LogP contribution in [-0.2, 0) is 24.4 Å². The Morgan fingerprint density at radius 2 is 1.88 bits per heavy atom. The van der Waals surface area contributed by atoms with Crippen molar-refractivity contribution in [3.63, 3.8) is 0 Å². The van der Waals surface area contributed by atoms with E-state index in [4.69, 9.17) is 14.4 Å². The number of carboxylic acid groups (broad SMARTS) is 1. The minimum absolute atomic E-state index is 0.0407. The molecule has 9 heteroatoms. The zero-order valence-corrected chi connectivity index (χ0v) is 15.4. The first-order valence-corrected chi connectivity index (χ1v) is 9.97. The van der Waals surface area contributed by atoms with E-state index in [0.717, 1.165) is 18.4 Å². The molecular weight excluding hydrogens is 362 g/mol. The van der Waals surface area contributed by atoms with E-state index in [-0.39, 0.29) is 12.5 Å². The van der Waals surface area contributed by atoms with Gasteiger partial charge in [0.05, 0.1) is 6.10 Å². The van der Waals surface area contributed by atoms with Crippen LogP contribution in [0, 0.1) is 0 Å². The van der Waals surface area contributed by atoms with Gasteiger partial charge < -0.3 is 15.2 Å². The van der Waals surface area contributed by atoms with Gasteiger partial charge in [-0.1, -0.05) is 43.7 Å². The third kappa shape index (κ3) is 8.93. The van der Waals surface area contributed by atoms with E-state index >= 15 is 0 Å².